The van der Waals surface area contributed by atoms with Gasteiger partial charge in [0.2, 0.25) is 0 Å². The maximum atomic E-state index is 15.0. The third-order valence-corrected chi connectivity index (χ3v) is 6.66. The van der Waals surface area contributed by atoms with E-state index in [0.29, 0.717) is 11.1 Å². The Bertz CT molecular complexity index is 1000. The summed E-state index contributed by atoms with van der Waals surface area (Å²) in [5.74, 6) is -0.653. The molecule has 0 spiro atoms. The van der Waals surface area contributed by atoms with Crippen LogP contribution in [-0.2, 0) is 9.47 Å². The second-order valence-electron chi connectivity index (χ2n) is 8.86. The van der Waals surface area contributed by atoms with Crippen molar-refractivity contribution in [1.29, 1.82) is 0 Å². The lowest BCUT2D eigenvalue weighted by molar-refractivity contribution is -0.231. The largest absolute Gasteiger partial charge is 0.394 e. The Balaban J connectivity index is 1.55. The summed E-state index contributed by atoms with van der Waals surface area (Å²) in [5, 5.41) is 79.1. The summed E-state index contributed by atoms with van der Waals surface area (Å²) in [6.45, 7) is -1.14. The highest BCUT2D eigenvalue weighted by Gasteiger charge is 2.45. The van der Waals surface area contributed by atoms with E-state index in [1.807, 2.05) is 0 Å². The average molecular weight is 496 g/mol. The Morgan fingerprint density at radius 1 is 0.600 bits per heavy atom. The summed E-state index contributed by atoms with van der Waals surface area (Å²) in [6.07, 6.45) is -13.4. The van der Waals surface area contributed by atoms with Crippen molar-refractivity contribution in [3.05, 3.63) is 59.4 Å². The van der Waals surface area contributed by atoms with Crippen LogP contribution in [0.15, 0.2) is 42.5 Å². The number of rotatable bonds is 5. The van der Waals surface area contributed by atoms with Gasteiger partial charge in [-0.25, -0.2) is 4.39 Å². The van der Waals surface area contributed by atoms with E-state index in [4.69, 9.17) is 9.47 Å². The molecule has 2 aliphatic heterocycles. The molecule has 0 radical (unpaired) electrons. The Morgan fingerprint density at radius 2 is 1.06 bits per heavy atom. The van der Waals surface area contributed by atoms with Crippen LogP contribution in [0.5, 0.6) is 0 Å². The first kappa shape index (κ1) is 26.0. The van der Waals surface area contributed by atoms with Gasteiger partial charge in [-0.05, 0) is 22.8 Å². The van der Waals surface area contributed by atoms with Gasteiger partial charge in [-0.15, -0.1) is 0 Å². The molecule has 0 saturated carbocycles. The van der Waals surface area contributed by atoms with Gasteiger partial charge in [-0.1, -0.05) is 36.4 Å². The van der Waals surface area contributed by atoms with E-state index in [-0.39, 0.29) is 11.1 Å². The van der Waals surface area contributed by atoms with Crippen LogP contribution in [0.25, 0.3) is 11.1 Å². The van der Waals surface area contributed by atoms with Gasteiger partial charge in [-0.2, -0.15) is 0 Å². The quantitative estimate of drug-likeness (QED) is 0.243. The van der Waals surface area contributed by atoms with Crippen LogP contribution in [0, 0.1) is 5.82 Å². The van der Waals surface area contributed by atoms with E-state index >= 15 is 4.39 Å². The molecule has 10 atom stereocenters. The van der Waals surface area contributed by atoms with Crippen molar-refractivity contribution >= 4 is 0 Å². The zero-order valence-electron chi connectivity index (χ0n) is 18.5. The van der Waals surface area contributed by atoms with Crippen LogP contribution >= 0.6 is 0 Å². The first-order chi connectivity index (χ1) is 16.7. The van der Waals surface area contributed by atoms with Gasteiger partial charge in [0.1, 0.15) is 66.9 Å². The Kier molecular flexibility index (Phi) is 7.83. The molecule has 4 rings (SSSR count). The standard InChI is InChI=1S/C24H29FO10/c25-14-7-12(24-22(33)20(31)18(29)16(9-27)35-24)5-6-13(14)10-1-3-11(4-2-10)23-21(32)19(30)17(28)15(8-26)34-23/h1-7,15-24,26-33H,8-9H2/t15?,16?,17-,18-,19?,20?,21?,22?,23-,24-/m1/s1. The molecule has 0 aromatic heterocycles. The molecular weight excluding hydrogens is 467 g/mol. The lowest BCUT2D eigenvalue weighted by Gasteiger charge is -2.40. The van der Waals surface area contributed by atoms with Gasteiger partial charge in [0.15, 0.2) is 0 Å². The Morgan fingerprint density at radius 3 is 1.51 bits per heavy atom. The van der Waals surface area contributed by atoms with Crippen molar-refractivity contribution in [2.24, 2.45) is 0 Å². The molecule has 2 heterocycles. The highest BCUT2D eigenvalue weighted by Crippen LogP contribution is 2.36. The second-order valence-corrected chi connectivity index (χ2v) is 8.86. The number of ether oxygens (including phenoxy) is 2. The first-order valence-corrected chi connectivity index (χ1v) is 11.2. The van der Waals surface area contributed by atoms with Crippen LogP contribution < -0.4 is 0 Å². The zero-order valence-corrected chi connectivity index (χ0v) is 18.5. The minimum Gasteiger partial charge on any atom is -0.394 e. The summed E-state index contributed by atoms with van der Waals surface area (Å²) in [5.41, 5.74) is 1.33. The topological polar surface area (TPSA) is 180 Å². The van der Waals surface area contributed by atoms with E-state index < -0.39 is 80.1 Å². The fourth-order valence-electron chi connectivity index (χ4n) is 4.55. The number of benzene rings is 2. The Hall–Kier alpha value is -2.03. The smallest absolute Gasteiger partial charge is 0.131 e. The van der Waals surface area contributed by atoms with Crippen molar-refractivity contribution in [3.63, 3.8) is 0 Å². The molecule has 2 aliphatic rings. The van der Waals surface area contributed by atoms with Crippen molar-refractivity contribution < 1.29 is 54.7 Å². The molecule has 35 heavy (non-hydrogen) atoms. The van der Waals surface area contributed by atoms with Crippen LogP contribution in [0.2, 0.25) is 0 Å². The monoisotopic (exact) mass is 496 g/mol. The molecule has 2 aromatic carbocycles. The van der Waals surface area contributed by atoms with E-state index in [0.717, 1.165) is 6.07 Å². The number of halogens is 1. The maximum absolute atomic E-state index is 15.0. The van der Waals surface area contributed by atoms with Crippen molar-refractivity contribution in [3.8, 4) is 11.1 Å². The Labute approximate surface area is 200 Å². The molecule has 11 heteroatoms. The normalized spacial score (nSPS) is 37.9. The number of hydrogen-bond acceptors (Lipinski definition) is 10. The fraction of sp³-hybridized carbons (Fsp3) is 0.500. The second kappa shape index (κ2) is 10.5. The molecule has 192 valence electrons. The lowest BCUT2D eigenvalue weighted by Crippen LogP contribution is -2.55. The van der Waals surface area contributed by atoms with Gasteiger partial charge in [0, 0.05) is 5.56 Å². The summed E-state index contributed by atoms with van der Waals surface area (Å²) in [7, 11) is 0. The van der Waals surface area contributed by atoms with Crippen molar-refractivity contribution in [2.75, 3.05) is 13.2 Å². The zero-order chi connectivity index (χ0) is 25.4. The third kappa shape index (κ3) is 4.85. The van der Waals surface area contributed by atoms with Gasteiger partial charge in [0.05, 0.1) is 13.2 Å². The molecule has 0 bridgehead atoms. The fourth-order valence-corrected chi connectivity index (χ4v) is 4.55. The van der Waals surface area contributed by atoms with Gasteiger partial charge >= 0.3 is 0 Å². The molecule has 0 amide bonds. The van der Waals surface area contributed by atoms with Crippen LogP contribution in [0.3, 0.4) is 0 Å². The summed E-state index contributed by atoms with van der Waals surface area (Å²) in [6, 6.07) is 10.4. The summed E-state index contributed by atoms with van der Waals surface area (Å²) in [4.78, 5) is 0. The third-order valence-electron chi connectivity index (χ3n) is 6.66. The van der Waals surface area contributed by atoms with Gasteiger partial charge < -0.3 is 50.3 Å². The molecule has 2 saturated heterocycles. The minimum absolute atomic E-state index is 0.207. The molecule has 8 N–H and O–H groups in total. The maximum Gasteiger partial charge on any atom is 0.131 e. The molecule has 2 aromatic rings. The van der Waals surface area contributed by atoms with Crippen LogP contribution in [0.1, 0.15) is 23.3 Å². The van der Waals surface area contributed by atoms with Crippen LogP contribution in [0.4, 0.5) is 4.39 Å². The molecule has 2 fully saturated rings. The minimum atomic E-state index is -1.58. The molecule has 0 aliphatic carbocycles. The summed E-state index contributed by atoms with van der Waals surface area (Å²) < 4.78 is 26.0. The SMILES string of the molecule is OCC1O[C@H](c2ccc(-c3ccc([C@H]4OC(CO)[C@@H](O)C(O)C4O)cc3F)cc2)C(O)C(O)[C@@H]1O. The van der Waals surface area contributed by atoms with Crippen molar-refractivity contribution in [1.82, 2.24) is 0 Å². The van der Waals surface area contributed by atoms with Crippen LogP contribution in [-0.4, -0.2) is 103 Å². The molecule has 6 unspecified atom stereocenters. The average Bonchev–Trinajstić information content (AvgIpc) is 2.86. The van der Waals surface area contributed by atoms with E-state index in [1.165, 1.54) is 12.1 Å². The lowest BCUT2D eigenvalue weighted by atomic mass is 9.89. The van der Waals surface area contributed by atoms with E-state index in [9.17, 15) is 40.9 Å². The predicted molar refractivity (Wildman–Crippen MR) is 117 cm³/mol. The van der Waals surface area contributed by atoms with E-state index in [2.05, 4.69) is 0 Å². The number of aliphatic hydroxyl groups excluding tert-OH is 8. The number of hydrogen-bond donors (Lipinski definition) is 8. The van der Waals surface area contributed by atoms with Gasteiger partial charge in [-0.3, -0.25) is 0 Å². The molecule has 10 nitrogen and oxygen atoms in total. The number of aliphatic hydroxyl groups is 8. The van der Waals surface area contributed by atoms with E-state index in [1.54, 1.807) is 24.3 Å². The summed E-state index contributed by atoms with van der Waals surface area (Å²) >= 11 is 0. The highest BCUT2D eigenvalue weighted by atomic mass is 19.1. The van der Waals surface area contributed by atoms with Gasteiger partial charge in [0.25, 0.3) is 0 Å². The van der Waals surface area contributed by atoms with Crippen molar-refractivity contribution in [2.45, 2.75) is 61.0 Å². The highest BCUT2D eigenvalue weighted by molar-refractivity contribution is 5.65. The first-order valence-electron chi connectivity index (χ1n) is 11.2. The molecular formula is C24H29FO10. The predicted octanol–water partition coefficient (Wildman–Crippen LogP) is -1.48.